The van der Waals surface area contributed by atoms with Crippen LogP contribution in [-0.4, -0.2) is 58.1 Å². The van der Waals surface area contributed by atoms with Crippen molar-refractivity contribution in [3.05, 3.63) is 34.9 Å². The summed E-state index contributed by atoms with van der Waals surface area (Å²) >= 11 is 0. The molecule has 8 heteroatoms. The molecule has 8 nitrogen and oxygen atoms in total. The molecule has 0 aliphatic carbocycles. The average Bonchev–Trinajstić information content (AvgIpc) is 2.85. The number of allylic oxidation sites excluding steroid dienone is 3. The zero-order valence-corrected chi connectivity index (χ0v) is 26.5. The molecule has 0 heterocycles. The molecule has 0 aromatic heterocycles. The third-order valence-corrected chi connectivity index (χ3v) is 6.77. The first-order valence-corrected chi connectivity index (χ1v) is 14.0. The van der Waals surface area contributed by atoms with Crippen LogP contribution in [0, 0.1) is 5.92 Å². The molecule has 0 fully saturated rings. The van der Waals surface area contributed by atoms with Gasteiger partial charge in [0.2, 0.25) is 0 Å². The number of ketones is 2. The van der Waals surface area contributed by atoms with Crippen LogP contribution < -0.4 is 0 Å². The molecule has 0 spiro atoms. The van der Waals surface area contributed by atoms with E-state index in [0.29, 0.717) is 18.8 Å². The summed E-state index contributed by atoms with van der Waals surface area (Å²) in [6.07, 6.45) is 11.3. The lowest BCUT2D eigenvalue weighted by Gasteiger charge is -2.25. The minimum absolute atomic E-state index is 0. The Bertz CT molecular complexity index is 914. The van der Waals surface area contributed by atoms with Gasteiger partial charge in [-0.3, -0.25) is 19.2 Å². The van der Waals surface area contributed by atoms with Crippen molar-refractivity contribution in [3.63, 3.8) is 0 Å². The molecule has 0 amide bonds. The molecule has 0 saturated carbocycles. The van der Waals surface area contributed by atoms with Crippen LogP contribution >= 0.6 is 0 Å². The Hall–Kier alpha value is -2.58. The van der Waals surface area contributed by atoms with E-state index in [1.165, 1.54) is 33.3 Å². The lowest BCUT2D eigenvalue weighted by atomic mass is 9.94. The fraction of sp³-hybridized carbons (Fsp3) is 0.697. The van der Waals surface area contributed by atoms with E-state index in [1.807, 2.05) is 45.9 Å². The van der Waals surface area contributed by atoms with Gasteiger partial charge in [0.05, 0.1) is 6.61 Å². The van der Waals surface area contributed by atoms with Gasteiger partial charge in [-0.25, -0.2) is 0 Å². The first kappa shape index (κ1) is 42.9. The monoisotopic (exact) mass is 582 g/mol. The average molecular weight is 583 g/mol. The van der Waals surface area contributed by atoms with Gasteiger partial charge in [0.15, 0.2) is 22.8 Å². The third kappa shape index (κ3) is 20.9. The van der Waals surface area contributed by atoms with Crippen molar-refractivity contribution >= 4 is 23.5 Å². The largest absolute Gasteiger partial charge is 0.451 e. The summed E-state index contributed by atoms with van der Waals surface area (Å²) in [5.74, 6) is -0.870. The van der Waals surface area contributed by atoms with Gasteiger partial charge in [-0.2, -0.15) is 0 Å². The maximum absolute atomic E-state index is 11.6. The molecule has 0 aromatic carbocycles. The second-order valence-electron chi connectivity index (χ2n) is 11.2. The molecule has 3 atom stereocenters. The van der Waals surface area contributed by atoms with E-state index in [-0.39, 0.29) is 32.2 Å². The van der Waals surface area contributed by atoms with Gasteiger partial charge in [-0.15, -0.1) is 0 Å². The fourth-order valence-corrected chi connectivity index (χ4v) is 3.52. The molecule has 238 valence electrons. The normalized spacial score (nSPS) is 15.7. The number of carbonyl (C=O) groups is 4. The van der Waals surface area contributed by atoms with Crippen LogP contribution in [0.2, 0.25) is 0 Å². The van der Waals surface area contributed by atoms with Gasteiger partial charge < -0.3 is 19.7 Å². The summed E-state index contributed by atoms with van der Waals surface area (Å²) in [4.78, 5) is 45.4. The number of Topliss-reactive ketones (excluding diaryl/α,β-unsaturated/α-hetero) is 2. The molecule has 0 rings (SSSR count). The van der Waals surface area contributed by atoms with Crippen LogP contribution in [0.25, 0.3) is 0 Å². The van der Waals surface area contributed by atoms with Crippen molar-refractivity contribution in [2.24, 2.45) is 5.92 Å². The predicted octanol–water partition coefficient (Wildman–Crippen LogP) is 6.62. The highest BCUT2D eigenvalue weighted by Gasteiger charge is 2.32. The minimum atomic E-state index is -1.08. The lowest BCUT2D eigenvalue weighted by molar-refractivity contribution is -0.162. The molecule has 0 aromatic rings. The van der Waals surface area contributed by atoms with Crippen LogP contribution in [0.4, 0.5) is 0 Å². The zero-order chi connectivity index (χ0) is 31.5. The number of hydrogen-bond acceptors (Lipinski definition) is 8. The molecule has 2 unspecified atom stereocenters. The SMILES string of the molecule is C.CC(=O)OC(C)(C/C=C(/C)CC/C=C(\C)CO)C(C)=O.CC(=O)OC(C)(C/C=C(/C)CCC[C@H](C)CO)C(C)=O. The highest BCUT2D eigenvalue weighted by atomic mass is 16.6. The number of hydrogen-bond donors (Lipinski definition) is 2. The number of rotatable bonds is 17. The Morgan fingerprint density at radius 2 is 1.12 bits per heavy atom. The Labute approximate surface area is 249 Å². The van der Waals surface area contributed by atoms with Crippen molar-refractivity contribution in [1.82, 2.24) is 0 Å². The van der Waals surface area contributed by atoms with Crippen molar-refractivity contribution in [2.45, 2.75) is 133 Å². The van der Waals surface area contributed by atoms with Crippen LogP contribution in [0.15, 0.2) is 34.9 Å². The lowest BCUT2D eigenvalue weighted by Crippen LogP contribution is -2.37. The molecular formula is C33H58O8. The molecular weight excluding hydrogens is 524 g/mol. The molecule has 0 aliphatic heterocycles. The quantitative estimate of drug-likeness (QED) is 0.145. The summed E-state index contributed by atoms with van der Waals surface area (Å²) in [5, 5.41) is 17.8. The van der Waals surface area contributed by atoms with E-state index in [2.05, 4.69) is 0 Å². The van der Waals surface area contributed by atoms with Crippen molar-refractivity contribution < 1.29 is 38.9 Å². The number of ether oxygens (including phenoxy) is 2. The Morgan fingerprint density at radius 1 is 0.707 bits per heavy atom. The summed E-state index contributed by atoms with van der Waals surface area (Å²) in [5.41, 5.74) is 1.11. The first-order chi connectivity index (χ1) is 18.4. The summed E-state index contributed by atoms with van der Waals surface area (Å²) < 4.78 is 10.3. The van der Waals surface area contributed by atoms with E-state index in [9.17, 15) is 19.2 Å². The van der Waals surface area contributed by atoms with Crippen molar-refractivity contribution in [1.29, 1.82) is 0 Å². The number of esters is 2. The highest BCUT2D eigenvalue weighted by Crippen LogP contribution is 2.22. The Morgan fingerprint density at radius 3 is 1.46 bits per heavy atom. The second-order valence-corrected chi connectivity index (χ2v) is 11.2. The van der Waals surface area contributed by atoms with Crippen LogP contribution in [0.5, 0.6) is 0 Å². The molecule has 0 saturated heterocycles. The van der Waals surface area contributed by atoms with Gasteiger partial charge in [0.1, 0.15) is 0 Å². The molecule has 2 N–H and O–H groups in total. The van der Waals surface area contributed by atoms with E-state index >= 15 is 0 Å². The van der Waals surface area contributed by atoms with Crippen molar-refractivity contribution in [2.75, 3.05) is 13.2 Å². The maximum atomic E-state index is 11.6. The smallest absolute Gasteiger partial charge is 0.303 e. The van der Waals surface area contributed by atoms with E-state index in [0.717, 1.165) is 43.3 Å². The summed E-state index contributed by atoms with van der Waals surface area (Å²) in [6.45, 7) is 17.0. The number of aliphatic hydroxyl groups excluding tert-OH is 2. The molecule has 0 radical (unpaired) electrons. The van der Waals surface area contributed by atoms with Gasteiger partial charge in [0.25, 0.3) is 0 Å². The first-order valence-electron chi connectivity index (χ1n) is 14.0. The number of carbonyl (C=O) groups excluding carboxylic acids is 4. The van der Waals surface area contributed by atoms with Gasteiger partial charge >= 0.3 is 11.9 Å². The third-order valence-electron chi connectivity index (χ3n) is 6.77. The Balaban J connectivity index is -0.000000688. The molecule has 0 bridgehead atoms. The second kappa shape index (κ2) is 22.1. The minimum Gasteiger partial charge on any atom is -0.451 e. The van der Waals surface area contributed by atoms with Crippen LogP contribution in [-0.2, 0) is 28.7 Å². The van der Waals surface area contributed by atoms with E-state index < -0.39 is 23.1 Å². The van der Waals surface area contributed by atoms with E-state index in [1.54, 1.807) is 13.8 Å². The van der Waals surface area contributed by atoms with Gasteiger partial charge in [-0.05, 0) is 86.5 Å². The van der Waals surface area contributed by atoms with Gasteiger partial charge in [0, 0.05) is 33.3 Å². The van der Waals surface area contributed by atoms with Gasteiger partial charge in [-0.1, -0.05) is 49.3 Å². The summed E-state index contributed by atoms with van der Waals surface area (Å²) in [6, 6.07) is 0. The topological polar surface area (TPSA) is 127 Å². The highest BCUT2D eigenvalue weighted by molar-refractivity contribution is 5.87. The van der Waals surface area contributed by atoms with Crippen molar-refractivity contribution in [3.8, 4) is 0 Å². The van der Waals surface area contributed by atoms with Crippen LogP contribution in [0.3, 0.4) is 0 Å². The predicted molar refractivity (Wildman–Crippen MR) is 165 cm³/mol. The molecule has 41 heavy (non-hydrogen) atoms. The van der Waals surface area contributed by atoms with Crippen LogP contribution in [0.1, 0.15) is 122 Å². The zero-order valence-electron chi connectivity index (χ0n) is 26.5. The fourth-order valence-electron chi connectivity index (χ4n) is 3.52. The summed E-state index contributed by atoms with van der Waals surface area (Å²) in [7, 11) is 0. The maximum Gasteiger partial charge on any atom is 0.303 e. The number of aliphatic hydroxyl groups is 2. The standard InChI is InChI=1S/C16H28O4.C16H26O4.CH4/c2*1-12(7-6-8-13(2)11-17)9-10-16(5,14(3)18)20-15(4)19;/h9,13,17H,6-8,10-11H2,1-5H3;8-9,17H,6-7,10-11H2,1-5H3;1H4/b12-9-;12-9-,13-8+;/t13-,16?;;/m0../s1. The molecule has 0 aliphatic rings. The Kier molecular flexibility index (Phi) is 23.1. The van der Waals surface area contributed by atoms with E-state index in [4.69, 9.17) is 19.7 Å².